The third kappa shape index (κ3) is 2.77. The Labute approximate surface area is 95.2 Å². The van der Waals surface area contributed by atoms with Crippen LogP contribution < -0.4 is 0 Å². The number of alkyl halides is 1. The second kappa shape index (κ2) is 4.20. The van der Waals surface area contributed by atoms with Crippen LogP contribution in [0.15, 0.2) is 17.0 Å². The van der Waals surface area contributed by atoms with Gasteiger partial charge < -0.3 is 0 Å². The van der Waals surface area contributed by atoms with Crippen molar-refractivity contribution < 1.29 is 21.2 Å². The largest absolute Gasteiger partial charge is 0.276 e. The van der Waals surface area contributed by atoms with Crippen molar-refractivity contribution in [3.05, 3.63) is 12.0 Å². The second-order valence-corrected chi connectivity index (χ2v) is 6.24. The fourth-order valence-electron chi connectivity index (χ4n) is 0.817. The lowest BCUT2D eigenvalue weighted by Gasteiger charge is -2.11. The molecular formula is C5H2Cl2FNO4S2. The Hall–Kier alpha value is -0.440. The summed E-state index contributed by atoms with van der Waals surface area (Å²) in [5, 5.41) is -2.55. The first-order chi connectivity index (χ1) is 6.73. The minimum absolute atomic E-state index is 0.520. The molecule has 0 spiro atoms. The van der Waals surface area contributed by atoms with Crippen molar-refractivity contribution in [3.63, 3.8) is 0 Å². The molecule has 0 aliphatic carbocycles. The van der Waals surface area contributed by atoms with E-state index in [2.05, 4.69) is 4.99 Å². The number of nitrogens with zero attached hydrogens (tertiary/aromatic N) is 1. The van der Waals surface area contributed by atoms with Crippen molar-refractivity contribution in [2.75, 3.05) is 0 Å². The van der Waals surface area contributed by atoms with Crippen molar-refractivity contribution in [1.29, 1.82) is 0 Å². The highest BCUT2D eigenvalue weighted by atomic mass is 35.7. The van der Waals surface area contributed by atoms with Gasteiger partial charge in [-0.25, -0.2) is 13.4 Å². The van der Waals surface area contributed by atoms with Crippen LogP contribution in [-0.2, 0) is 19.3 Å². The molecular weight excluding hydrogens is 292 g/mol. The van der Waals surface area contributed by atoms with E-state index in [9.17, 15) is 21.2 Å². The Morgan fingerprint density at radius 2 is 2.00 bits per heavy atom. The molecule has 0 fully saturated rings. The van der Waals surface area contributed by atoms with Gasteiger partial charge in [0.05, 0.1) is 0 Å². The molecule has 0 saturated carbocycles. The molecule has 1 aliphatic heterocycles. The van der Waals surface area contributed by atoms with E-state index < -0.39 is 40.6 Å². The first-order valence-electron chi connectivity index (χ1n) is 3.24. The van der Waals surface area contributed by atoms with E-state index in [1.54, 1.807) is 0 Å². The minimum Gasteiger partial charge on any atom is -0.209 e. The van der Waals surface area contributed by atoms with Gasteiger partial charge in [0.15, 0.2) is 5.04 Å². The molecule has 0 aromatic carbocycles. The molecule has 0 amide bonds. The van der Waals surface area contributed by atoms with E-state index >= 15 is 0 Å². The summed E-state index contributed by atoms with van der Waals surface area (Å²) in [5.74, 6) is -1.29. The Kier molecular flexibility index (Phi) is 3.54. The van der Waals surface area contributed by atoms with Crippen molar-refractivity contribution in [3.8, 4) is 0 Å². The van der Waals surface area contributed by atoms with Gasteiger partial charge in [-0.2, -0.15) is 12.8 Å². The number of hydrogen-bond acceptors (Lipinski definition) is 5. The summed E-state index contributed by atoms with van der Waals surface area (Å²) in [6, 6.07) is 0. The lowest BCUT2D eigenvalue weighted by atomic mass is 10.3. The third-order valence-electron chi connectivity index (χ3n) is 1.39. The molecule has 0 N–H and O–H groups in total. The zero-order valence-corrected chi connectivity index (χ0v) is 9.83. The van der Waals surface area contributed by atoms with Gasteiger partial charge in [-0.15, -0.1) is 11.6 Å². The Balaban J connectivity index is 3.50. The number of hydrogen-bond donors (Lipinski definition) is 0. The topological polar surface area (TPSA) is 80.6 Å². The summed E-state index contributed by atoms with van der Waals surface area (Å²) in [6.07, 6.45) is 0.520. The zero-order valence-electron chi connectivity index (χ0n) is 6.69. The summed E-state index contributed by atoms with van der Waals surface area (Å²) in [7, 11) is -2.31. The Morgan fingerprint density at radius 3 is 2.40 bits per heavy atom. The monoisotopic (exact) mass is 293 g/mol. The summed E-state index contributed by atoms with van der Waals surface area (Å²) < 4.78 is 55.6. The van der Waals surface area contributed by atoms with Gasteiger partial charge in [0, 0.05) is 16.8 Å². The first kappa shape index (κ1) is 12.6. The fourth-order valence-corrected chi connectivity index (χ4v) is 3.13. The molecule has 0 saturated heterocycles. The second-order valence-electron chi connectivity index (χ2n) is 2.35. The van der Waals surface area contributed by atoms with Crippen LogP contribution >= 0.6 is 22.3 Å². The van der Waals surface area contributed by atoms with E-state index in [4.69, 9.17) is 22.3 Å². The number of allylic oxidation sites excluding steroid dienone is 1. The van der Waals surface area contributed by atoms with Crippen LogP contribution in [0.25, 0.3) is 0 Å². The van der Waals surface area contributed by atoms with Crippen molar-refractivity contribution >= 4 is 51.5 Å². The van der Waals surface area contributed by atoms with Gasteiger partial charge in [0.2, 0.25) is 16.2 Å². The molecule has 0 bridgehead atoms. The maximum atomic E-state index is 12.7. The lowest BCUT2D eigenvalue weighted by molar-refractivity contribution is 0.614. The van der Waals surface area contributed by atoms with Crippen LogP contribution in [0.1, 0.15) is 0 Å². The molecule has 1 heterocycles. The molecule has 15 heavy (non-hydrogen) atoms. The molecule has 5 nitrogen and oxygen atoms in total. The van der Waals surface area contributed by atoms with Gasteiger partial charge in [-0.05, 0) is 0 Å². The van der Waals surface area contributed by atoms with E-state index in [1.807, 2.05) is 0 Å². The van der Waals surface area contributed by atoms with E-state index in [0.717, 1.165) is 0 Å². The first-order valence-corrected chi connectivity index (χ1v) is 7.06. The smallest absolute Gasteiger partial charge is 0.209 e. The maximum absolute atomic E-state index is 12.7. The predicted molar refractivity (Wildman–Crippen MR) is 55.0 cm³/mol. The zero-order chi connectivity index (χ0) is 11.8. The van der Waals surface area contributed by atoms with Crippen LogP contribution in [0.3, 0.4) is 0 Å². The number of rotatable bonds is 0. The van der Waals surface area contributed by atoms with E-state index in [1.165, 1.54) is 0 Å². The van der Waals surface area contributed by atoms with Crippen molar-refractivity contribution in [2.24, 2.45) is 4.99 Å². The summed E-state index contributed by atoms with van der Waals surface area (Å²) in [5.41, 5.74) is 0. The lowest BCUT2D eigenvalue weighted by Crippen LogP contribution is -2.31. The summed E-state index contributed by atoms with van der Waals surface area (Å²) in [4.78, 5) is 2.30. The highest BCUT2D eigenvalue weighted by molar-refractivity contribution is 8.26. The van der Waals surface area contributed by atoms with Gasteiger partial charge in [-0.1, -0.05) is 0 Å². The van der Waals surface area contributed by atoms with Crippen molar-refractivity contribution in [2.45, 2.75) is 5.38 Å². The van der Waals surface area contributed by atoms with Crippen LogP contribution in [0.2, 0.25) is 0 Å². The fraction of sp³-hybridized carbons (Fsp3) is 0.200. The molecule has 0 aromatic rings. The van der Waals surface area contributed by atoms with Crippen LogP contribution in [0.5, 0.6) is 0 Å². The Morgan fingerprint density at radius 1 is 1.47 bits per heavy atom. The molecule has 0 radical (unpaired) electrons. The van der Waals surface area contributed by atoms with E-state index in [-0.39, 0.29) is 0 Å². The summed E-state index contributed by atoms with van der Waals surface area (Å²) >= 11 is 5.46. The minimum atomic E-state index is -4.36. The molecule has 1 aliphatic rings. The van der Waals surface area contributed by atoms with Gasteiger partial charge in [0.1, 0.15) is 10.2 Å². The van der Waals surface area contributed by atoms with Gasteiger partial charge in [0.25, 0.3) is 9.05 Å². The average molecular weight is 294 g/mol. The third-order valence-corrected chi connectivity index (χ3v) is 4.13. The van der Waals surface area contributed by atoms with Gasteiger partial charge >= 0.3 is 0 Å². The number of aliphatic imine (C=N–C) groups is 1. The van der Waals surface area contributed by atoms with Crippen LogP contribution in [-0.4, -0.2) is 32.1 Å². The molecule has 1 atom stereocenters. The maximum Gasteiger partial charge on any atom is 0.276 e. The van der Waals surface area contributed by atoms with Gasteiger partial charge in [-0.3, -0.25) is 0 Å². The standard InChI is InChI=1S/C5H2Cl2FNO4S2/c6-4-2(14(10)11)1-3(8)9-5(4)15(7,12)13/h1,4H. The summed E-state index contributed by atoms with van der Waals surface area (Å²) in [6.45, 7) is 0. The average Bonchev–Trinajstić information content (AvgIpc) is 2.06. The highest BCUT2D eigenvalue weighted by Crippen LogP contribution is 2.20. The molecule has 84 valence electrons. The highest BCUT2D eigenvalue weighted by Gasteiger charge is 2.33. The molecule has 1 unspecified atom stereocenters. The van der Waals surface area contributed by atoms with Crippen LogP contribution in [0, 0.1) is 0 Å². The van der Waals surface area contributed by atoms with E-state index in [0.29, 0.717) is 6.08 Å². The van der Waals surface area contributed by atoms with Crippen LogP contribution in [0.4, 0.5) is 4.39 Å². The SMILES string of the molecule is O=S(=O)=C1C=C(F)N=C(S(=O)(=O)Cl)C1Cl. The molecule has 1 rings (SSSR count). The normalized spacial score (nSPS) is 22.1. The number of halogens is 3. The quantitative estimate of drug-likeness (QED) is 0.281. The predicted octanol–water partition coefficient (Wildman–Crippen LogP) is 0.437. The molecule has 10 heteroatoms. The molecule has 0 aromatic heterocycles. The van der Waals surface area contributed by atoms with Crippen molar-refractivity contribution in [1.82, 2.24) is 0 Å². The Bertz CT molecular complexity index is 581.